The van der Waals surface area contributed by atoms with E-state index in [1.807, 2.05) is 0 Å². The predicted octanol–water partition coefficient (Wildman–Crippen LogP) is 6.88. The largest absolute Gasteiger partial charge is 0.286 e. The van der Waals surface area contributed by atoms with Crippen LogP contribution in [0.2, 0.25) is 0 Å². The van der Waals surface area contributed by atoms with Crippen LogP contribution in [0.1, 0.15) is 111 Å². The highest BCUT2D eigenvalue weighted by Gasteiger charge is 2.63. The Bertz CT molecular complexity index is 1360. The van der Waals surface area contributed by atoms with Crippen molar-refractivity contribution in [3.05, 3.63) is 0 Å². The Kier molecular flexibility index (Phi) is 11.0. The lowest BCUT2D eigenvalue weighted by Gasteiger charge is -2.50. The molecule has 7 N–H and O–H groups in total. The molecule has 0 aromatic carbocycles. The lowest BCUT2D eigenvalue weighted by atomic mass is 9.57. The lowest BCUT2D eigenvalue weighted by Crippen LogP contribution is -2.62. The summed E-state index contributed by atoms with van der Waals surface area (Å²) in [7, 11) is 2.49. The first kappa shape index (κ1) is 42.0. The number of fused-ring (bicyclic) bond motifs is 20. The molecule has 9 rings (SSSR count). The third-order valence-electron chi connectivity index (χ3n) is 23.0. The number of nitrogens with zero attached hydrogens (tertiary/aromatic N) is 1. The molecule has 0 amide bonds. The van der Waals surface area contributed by atoms with Gasteiger partial charge in [-0.3, -0.25) is 42.1 Å². The van der Waals surface area contributed by atoms with E-state index in [9.17, 15) is 0 Å². The van der Waals surface area contributed by atoms with Crippen LogP contribution in [0, 0.1) is 142 Å². The molecule has 8 nitrogen and oxygen atoms in total. The molecule has 5 heterocycles. The maximum absolute atomic E-state index is 4.58. The zero-order valence-electron chi connectivity index (χ0n) is 39.4. The lowest BCUT2D eigenvalue weighted by molar-refractivity contribution is -0.0159. The third kappa shape index (κ3) is 5.99. The van der Waals surface area contributed by atoms with Crippen LogP contribution in [-0.4, -0.2) is 61.3 Å². The second-order valence-corrected chi connectivity index (χ2v) is 24.0. The second kappa shape index (κ2) is 14.9. The maximum atomic E-state index is 4.58. The Labute approximate surface area is 350 Å². The van der Waals surface area contributed by atoms with E-state index in [0.717, 1.165) is 0 Å². The fourth-order valence-electron chi connectivity index (χ4n) is 17.7. The molecule has 0 spiro atoms. The number of nitrogens with one attached hydrogen (secondary N) is 7. The monoisotopic (exact) mass is 791 g/mol. The van der Waals surface area contributed by atoms with Crippen LogP contribution in [0.15, 0.2) is 0 Å². The summed E-state index contributed by atoms with van der Waals surface area (Å²) >= 11 is 0. The van der Waals surface area contributed by atoms with Gasteiger partial charge in [0.2, 0.25) is 0 Å². The van der Waals surface area contributed by atoms with Crippen LogP contribution in [0.4, 0.5) is 0 Å². The first-order valence-electron chi connectivity index (χ1n) is 24.9. The highest BCUT2D eigenvalue weighted by Crippen LogP contribution is 2.57. The first-order chi connectivity index (χ1) is 26.9. The molecule has 0 aromatic rings. The molecule has 9 aliphatic rings. The summed E-state index contributed by atoms with van der Waals surface area (Å²) in [6.45, 7) is 41.4. The maximum Gasteiger partial charge on any atom is 0.0655 e. The van der Waals surface area contributed by atoms with Crippen molar-refractivity contribution in [2.75, 3.05) is 7.05 Å². The molecule has 32 unspecified atom stereocenters. The minimum absolute atomic E-state index is 0.277. The SMILES string of the molecule is CC1C(C)C(C)C2C3NC(NC4NC(NC5C6C(C)C(C)C(C)C(C)C6C(NC6NC(N3)C3C(C)C(C)C(C)C(C)C63)N5C)C3C(C)C(C)C(C)C(C)C43)C2C1C. The molecule has 0 aromatic heterocycles. The van der Waals surface area contributed by atoms with E-state index in [2.05, 4.69) is 160 Å². The van der Waals surface area contributed by atoms with Gasteiger partial charge in [-0.25, -0.2) is 0 Å². The van der Waals surface area contributed by atoms with Crippen molar-refractivity contribution in [2.45, 2.75) is 160 Å². The van der Waals surface area contributed by atoms with E-state index in [-0.39, 0.29) is 37.0 Å². The van der Waals surface area contributed by atoms with E-state index < -0.39 is 0 Å². The number of rotatable bonds is 0. The van der Waals surface area contributed by atoms with Crippen LogP contribution < -0.4 is 37.2 Å². The molecule has 9 fully saturated rings. The van der Waals surface area contributed by atoms with Gasteiger partial charge in [0.15, 0.2) is 0 Å². The van der Waals surface area contributed by atoms with Crippen LogP contribution in [0.3, 0.4) is 0 Å². The van der Waals surface area contributed by atoms with Crippen LogP contribution in [0.5, 0.6) is 0 Å². The van der Waals surface area contributed by atoms with E-state index in [1.165, 1.54) is 0 Å². The zero-order valence-corrected chi connectivity index (χ0v) is 39.4. The minimum atomic E-state index is 0.277. The first-order valence-corrected chi connectivity index (χ1v) is 24.9. The Morgan fingerprint density at radius 2 is 0.368 bits per heavy atom. The topological polar surface area (TPSA) is 87.4 Å². The van der Waals surface area contributed by atoms with Gasteiger partial charge in [0.1, 0.15) is 0 Å². The molecule has 32 atom stereocenters. The van der Waals surface area contributed by atoms with Gasteiger partial charge in [0.25, 0.3) is 0 Å². The van der Waals surface area contributed by atoms with Crippen LogP contribution in [-0.2, 0) is 0 Å². The van der Waals surface area contributed by atoms with Crippen LogP contribution >= 0.6 is 0 Å². The molecule has 5 aliphatic heterocycles. The predicted molar refractivity (Wildman–Crippen MR) is 235 cm³/mol. The summed E-state index contributed by atoms with van der Waals surface area (Å²) in [6.07, 6.45) is 2.33. The van der Waals surface area contributed by atoms with Crippen molar-refractivity contribution in [2.24, 2.45) is 142 Å². The molecule has 57 heavy (non-hydrogen) atoms. The van der Waals surface area contributed by atoms with Gasteiger partial charge in [-0.2, -0.15) is 0 Å². The van der Waals surface area contributed by atoms with Crippen molar-refractivity contribution >= 4 is 0 Å². The summed E-state index contributed by atoms with van der Waals surface area (Å²) in [6, 6.07) is 0. The van der Waals surface area contributed by atoms with Crippen molar-refractivity contribution in [1.82, 2.24) is 42.1 Å². The Morgan fingerprint density at radius 1 is 0.211 bits per heavy atom. The Balaban J connectivity index is 1.17. The quantitative estimate of drug-likeness (QED) is 0.143. The molecule has 8 heteroatoms. The third-order valence-corrected chi connectivity index (χ3v) is 23.0. The van der Waals surface area contributed by atoms with E-state index in [4.69, 9.17) is 0 Å². The minimum Gasteiger partial charge on any atom is -0.286 e. The molecule has 4 saturated carbocycles. The highest BCUT2D eigenvalue weighted by atomic mass is 15.5. The number of hydrogen-bond acceptors (Lipinski definition) is 8. The fourth-order valence-corrected chi connectivity index (χ4v) is 17.7. The van der Waals surface area contributed by atoms with Crippen molar-refractivity contribution < 1.29 is 0 Å². The fraction of sp³-hybridized carbons (Fsp3) is 1.00. The van der Waals surface area contributed by atoms with Gasteiger partial charge in [-0.15, -0.1) is 0 Å². The summed E-state index contributed by atoms with van der Waals surface area (Å²) < 4.78 is 0. The number of hydrogen-bond donors (Lipinski definition) is 7. The summed E-state index contributed by atoms with van der Waals surface area (Å²) in [4.78, 5) is 2.83. The second-order valence-electron chi connectivity index (χ2n) is 24.0. The summed E-state index contributed by atoms with van der Waals surface area (Å²) in [5.41, 5.74) is 0. The van der Waals surface area contributed by atoms with Gasteiger partial charge in [-0.1, -0.05) is 111 Å². The van der Waals surface area contributed by atoms with Gasteiger partial charge in [0.05, 0.1) is 49.3 Å². The summed E-state index contributed by atoms with van der Waals surface area (Å²) in [5.74, 6) is 15.7. The Morgan fingerprint density at radius 3 is 0.561 bits per heavy atom. The van der Waals surface area contributed by atoms with E-state index in [1.54, 1.807) is 0 Å². The van der Waals surface area contributed by atoms with Gasteiger partial charge in [0, 0.05) is 0 Å². The van der Waals surface area contributed by atoms with Gasteiger partial charge < -0.3 is 0 Å². The summed E-state index contributed by atoms with van der Waals surface area (Å²) in [5, 5.41) is 31.5. The molecular formula is C49H90N8. The molecular weight excluding hydrogens is 701 g/mol. The molecule has 4 aliphatic carbocycles. The zero-order chi connectivity index (χ0) is 41.0. The molecule has 0 radical (unpaired) electrons. The van der Waals surface area contributed by atoms with Gasteiger partial charge >= 0.3 is 0 Å². The molecule has 8 bridgehead atoms. The highest BCUT2D eigenvalue weighted by molar-refractivity contribution is 5.14. The molecule has 5 saturated heterocycles. The van der Waals surface area contributed by atoms with Crippen molar-refractivity contribution in [1.29, 1.82) is 0 Å². The van der Waals surface area contributed by atoms with E-state index in [0.29, 0.717) is 154 Å². The van der Waals surface area contributed by atoms with Gasteiger partial charge in [-0.05, 0) is 149 Å². The molecule has 326 valence electrons. The average Bonchev–Trinajstić information content (AvgIpc) is 3.91. The smallest absolute Gasteiger partial charge is 0.0655 e. The van der Waals surface area contributed by atoms with Crippen LogP contribution in [0.25, 0.3) is 0 Å². The van der Waals surface area contributed by atoms with Crippen molar-refractivity contribution in [3.63, 3.8) is 0 Å². The van der Waals surface area contributed by atoms with E-state index >= 15 is 0 Å². The average molecular weight is 791 g/mol. The normalized spacial score (nSPS) is 65.4. The standard InChI is InChI=1S/C49H90N8/c1-18-19(2)27(10)35-34(26(18)9)42-50-43(35)52-45-37-29(12)21(4)23(6)31(14)39(37)47(54-45)56-49-41-33(16)25(8)24(7)32(15)40(41)48(57(49)17)55-46-38-30(13)22(5)20(3)28(11)36(38)44(51-42)53-46/h18-56H,1-17H3. The Hall–Kier alpha value is -0.320. The van der Waals surface area contributed by atoms with Crippen molar-refractivity contribution in [3.8, 4) is 0 Å².